The minimum Gasteiger partial charge on any atom is -0.466 e. The molecule has 4 nitrogen and oxygen atoms in total. The van der Waals surface area contributed by atoms with Gasteiger partial charge in [-0.1, -0.05) is 19.4 Å². The van der Waals surface area contributed by atoms with Crippen molar-refractivity contribution in [3.63, 3.8) is 0 Å². The summed E-state index contributed by atoms with van der Waals surface area (Å²) in [6, 6.07) is 0. The van der Waals surface area contributed by atoms with E-state index in [-0.39, 0.29) is 23.2 Å². The van der Waals surface area contributed by atoms with Gasteiger partial charge in [0, 0.05) is 6.42 Å². The van der Waals surface area contributed by atoms with E-state index in [0.29, 0.717) is 43.0 Å². The summed E-state index contributed by atoms with van der Waals surface area (Å²) in [4.78, 5) is 24.1. The van der Waals surface area contributed by atoms with Gasteiger partial charge in [-0.05, 0) is 86.5 Å². The molecule has 4 heteroatoms. The number of hydrogen-bond acceptors (Lipinski definition) is 4. The lowest BCUT2D eigenvalue weighted by atomic mass is 9.46. The first-order valence-electron chi connectivity index (χ1n) is 10.9. The Kier molecular flexibility index (Phi) is 4.57. The molecule has 4 rings (SSSR count). The molecule has 3 fully saturated rings. The topological polar surface area (TPSA) is 63.6 Å². The lowest BCUT2D eigenvalue weighted by molar-refractivity contribution is -0.163. The van der Waals surface area contributed by atoms with Gasteiger partial charge in [0.05, 0.1) is 18.6 Å². The van der Waals surface area contributed by atoms with Crippen molar-refractivity contribution in [3.05, 3.63) is 11.6 Å². The quantitative estimate of drug-likeness (QED) is 0.752. The Morgan fingerprint density at radius 1 is 1.15 bits per heavy atom. The van der Waals surface area contributed by atoms with Crippen molar-refractivity contribution in [2.24, 2.45) is 28.6 Å². The first kappa shape index (κ1) is 19.2. The number of carbonyl (C=O) groups is 2. The van der Waals surface area contributed by atoms with Crippen LogP contribution in [0, 0.1) is 28.6 Å². The molecule has 0 saturated heterocycles. The molecule has 150 valence electrons. The van der Waals surface area contributed by atoms with Crippen LogP contribution in [-0.2, 0) is 14.3 Å². The van der Waals surface area contributed by atoms with Crippen molar-refractivity contribution in [3.8, 4) is 0 Å². The van der Waals surface area contributed by atoms with Crippen LogP contribution in [0.3, 0.4) is 0 Å². The van der Waals surface area contributed by atoms with Crippen LogP contribution < -0.4 is 0 Å². The zero-order chi connectivity index (χ0) is 19.4. The normalized spacial score (nSPS) is 46.1. The van der Waals surface area contributed by atoms with E-state index in [1.54, 1.807) is 0 Å². The standard InChI is InChI=1S/C23H34O4/c1-4-27-20(25)14-23(26)12-9-19-17-6-5-15-13-16(24)7-10-21(15,2)18(17)8-11-22(19,23)3/h13,17-19,26H,4-12,14H2,1-3H3/t17-,18+,19+,21+,22+,23-/m1/s1. The molecule has 0 aromatic rings. The predicted molar refractivity (Wildman–Crippen MR) is 103 cm³/mol. The van der Waals surface area contributed by atoms with E-state index in [0.717, 1.165) is 38.5 Å². The number of hydrogen-bond donors (Lipinski definition) is 1. The van der Waals surface area contributed by atoms with Crippen molar-refractivity contribution in [1.29, 1.82) is 0 Å². The molecular formula is C23H34O4. The van der Waals surface area contributed by atoms with E-state index in [1.807, 2.05) is 13.0 Å². The maximum atomic E-state index is 12.2. The third kappa shape index (κ3) is 2.73. The van der Waals surface area contributed by atoms with Crippen LogP contribution in [0.1, 0.15) is 78.6 Å². The van der Waals surface area contributed by atoms with E-state index < -0.39 is 5.60 Å². The maximum Gasteiger partial charge on any atom is 0.308 e. The Balaban J connectivity index is 1.60. The summed E-state index contributed by atoms with van der Waals surface area (Å²) in [6.45, 7) is 6.78. The number of aliphatic hydroxyl groups is 1. The van der Waals surface area contributed by atoms with Crippen LogP contribution in [0.15, 0.2) is 11.6 Å². The average Bonchev–Trinajstić information content (AvgIpc) is 2.87. The highest BCUT2D eigenvalue weighted by Crippen LogP contribution is 2.68. The number of rotatable bonds is 3. The third-order valence-corrected chi connectivity index (χ3v) is 9.03. The van der Waals surface area contributed by atoms with E-state index in [4.69, 9.17) is 4.74 Å². The van der Waals surface area contributed by atoms with Gasteiger partial charge in [0.1, 0.15) is 0 Å². The van der Waals surface area contributed by atoms with Crippen molar-refractivity contribution in [2.75, 3.05) is 6.61 Å². The van der Waals surface area contributed by atoms with Crippen molar-refractivity contribution >= 4 is 11.8 Å². The smallest absolute Gasteiger partial charge is 0.308 e. The van der Waals surface area contributed by atoms with E-state index in [2.05, 4.69) is 13.8 Å². The average molecular weight is 375 g/mol. The summed E-state index contributed by atoms with van der Waals surface area (Å²) < 4.78 is 5.16. The van der Waals surface area contributed by atoms with Crippen LogP contribution >= 0.6 is 0 Å². The number of allylic oxidation sites excluding steroid dienone is 1. The molecule has 4 aliphatic carbocycles. The second-order valence-corrected chi connectivity index (χ2v) is 9.98. The van der Waals surface area contributed by atoms with Crippen LogP contribution in [0.4, 0.5) is 0 Å². The monoisotopic (exact) mass is 374 g/mol. The minimum absolute atomic E-state index is 0.127. The summed E-state index contributed by atoms with van der Waals surface area (Å²) in [7, 11) is 0. The van der Waals surface area contributed by atoms with Gasteiger partial charge in [0.15, 0.2) is 5.78 Å². The molecule has 1 N–H and O–H groups in total. The van der Waals surface area contributed by atoms with Crippen molar-refractivity contribution < 1.29 is 19.4 Å². The Bertz CT molecular complexity index is 682. The highest BCUT2D eigenvalue weighted by atomic mass is 16.5. The highest BCUT2D eigenvalue weighted by molar-refractivity contribution is 5.91. The Hall–Kier alpha value is -1.16. The van der Waals surface area contributed by atoms with Gasteiger partial charge in [0.25, 0.3) is 0 Å². The zero-order valence-corrected chi connectivity index (χ0v) is 17.1. The van der Waals surface area contributed by atoms with Gasteiger partial charge >= 0.3 is 5.97 Å². The fourth-order valence-corrected chi connectivity index (χ4v) is 7.41. The van der Waals surface area contributed by atoms with Gasteiger partial charge in [-0.3, -0.25) is 9.59 Å². The molecule has 0 bridgehead atoms. The van der Waals surface area contributed by atoms with E-state index in [9.17, 15) is 14.7 Å². The number of ketones is 1. The molecule has 0 aromatic carbocycles. The summed E-state index contributed by atoms with van der Waals surface area (Å²) in [5.74, 6) is 1.69. The molecule has 0 unspecified atom stereocenters. The van der Waals surface area contributed by atoms with Gasteiger partial charge in [-0.15, -0.1) is 0 Å². The molecule has 0 aromatic heterocycles. The first-order chi connectivity index (χ1) is 12.7. The van der Waals surface area contributed by atoms with Gasteiger partial charge in [-0.2, -0.15) is 0 Å². The second kappa shape index (κ2) is 6.43. The van der Waals surface area contributed by atoms with Crippen LogP contribution in [0.2, 0.25) is 0 Å². The lowest BCUT2D eigenvalue weighted by Gasteiger charge is -2.59. The molecule has 0 amide bonds. The number of carbonyl (C=O) groups excluding carboxylic acids is 2. The molecule has 4 aliphatic rings. The van der Waals surface area contributed by atoms with Crippen LogP contribution in [-0.4, -0.2) is 29.1 Å². The Morgan fingerprint density at radius 3 is 2.63 bits per heavy atom. The van der Waals surface area contributed by atoms with Crippen molar-refractivity contribution in [2.45, 2.75) is 84.2 Å². The highest BCUT2D eigenvalue weighted by Gasteiger charge is 2.64. The van der Waals surface area contributed by atoms with Gasteiger partial charge in [-0.25, -0.2) is 0 Å². The van der Waals surface area contributed by atoms with Crippen molar-refractivity contribution in [1.82, 2.24) is 0 Å². The summed E-state index contributed by atoms with van der Waals surface area (Å²) in [6.07, 6.45) is 9.63. The first-order valence-corrected chi connectivity index (χ1v) is 10.9. The molecular weight excluding hydrogens is 340 g/mol. The van der Waals surface area contributed by atoms with Crippen LogP contribution in [0.5, 0.6) is 0 Å². The van der Waals surface area contributed by atoms with E-state index in [1.165, 1.54) is 5.57 Å². The summed E-state index contributed by atoms with van der Waals surface area (Å²) in [5.41, 5.74) is 0.389. The fraction of sp³-hybridized carbons (Fsp3) is 0.826. The zero-order valence-electron chi connectivity index (χ0n) is 17.1. The van der Waals surface area contributed by atoms with E-state index >= 15 is 0 Å². The lowest BCUT2D eigenvalue weighted by Crippen LogP contribution is -2.55. The molecule has 0 radical (unpaired) electrons. The minimum atomic E-state index is -0.936. The van der Waals surface area contributed by atoms with Gasteiger partial charge in [0.2, 0.25) is 0 Å². The summed E-state index contributed by atoms with van der Waals surface area (Å²) >= 11 is 0. The molecule has 3 saturated carbocycles. The molecule has 0 spiro atoms. The molecule has 0 aliphatic heterocycles. The molecule has 0 heterocycles. The summed E-state index contributed by atoms with van der Waals surface area (Å²) in [5, 5.41) is 11.5. The number of fused-ring (bicyclic) bond motifs is 5. The molecule has 27 heavy (non-hydrogen) atoms. The second-order valence-electron chi connectivity index (χ2n) is 9.98. The predicted octanol–water partition coefficient (Wildman–Crippen LogP) is 4.20. The molecule has 6 atom stereocenters. The Morgan fingerprint density at radius 2 is 1.89 bits per heavy atom. The number of esters is 1. The maximum absolute atomic E-state index is 12.2. The van der Waals surface area contributed by atoms with Crippen LogP contribution in [0.25, 0.3) is 0 Å². The largest absolute Gasteiger partial charge is 0.466 e. The third-order valence-electron chi connectivity index (χ3n) is 9.03. The SMILES string of the molecule is CCOC(=O)C[C@]1(O)CC[C@H]2[C@@H]3CCC4=CC(=O)CC[C@]4(C)[C@H]3CC[C@@]21C. The number of ether oxygens (including phenoxy) is 1. The Labute approximate surface area is 162 Å². The fourth-order valence-electron chi connectivity index (χ4n) is 7.41. The van der Waals surface area contributed by atoms with Gasteiger partial charge < -0.3 is 9.84 Å².